The molecule has 0 atom stereocenters. The standard InChI is InChI=1S/C29H24Br2N2O2S/c30-21-15-20(27(24(31)16-21)35-18-19-9-3-1-4-10-19)17-32-29-26(23-13-7-8-14-25(23)36-29)28(34)33-22-11-5-2-6-12-22/h1-6,9-12,15-17H,7-8,13-14,18H2,(H,33,34). The third-order valence-electron chi connectivity index (χ3n) is 6.00. The predicted octanol–water partition coefficient (Wildman–Crippen LogP) is 8.73. The van der Waals surface area contributed by atoms with E-state index in [0.29, 0.717) is 17.9 Å². The van der Waals surface area contributed by atoms with E-state index in [0.717, 1.165) is 62.0 Å². The zero-order valence-electron chi connectivity index (χ0n) is 19.5. The van der Waals surface area contributed by atoms with Crippen LogP contribution in [0.2, 0.25) is 0 Å². The fraction of sp³-hybridized carbons (Fsp3) is 0.172. The second-order valence-electron chi connectivity index (χ2n) is 8.55. The van der Waals surface area contributed by atoms with Crippen LogP contribution >= 0.6 is 43.2 Å². The number of anilines is 1. The van der Waals surface area contributed by atoms with Gasteiger partial charge in [0.05, 0.1) is 10.0 Å². The number of nitrogens with one attached hydrogen (secondary N) is 1. The van der Waals surface area contributed by atoms with Crippen LogP contribution in [0, 0.1) is 0 Å². The van der Waals surface area contributed by atoms with Crippen molar-refractivity contribution >= 4 is 66.0 Å². The molecule has 4 aromatic rings. The van der Waals surface area contributed by atoms with Crippen molar-refractivity contribution in [3.63, 3.8) is 0 Å². The highest BCUT2D eigenvalue weighted by molar-refractivity contribution is 9.11. The third kappa shape index (κ3) is 5.80. The SMILES string of the molecule is O=C(Nc1ccccc1)c1c(N=Cc2cc(Br)cc(Br)c2OCc2ccccc2)sc2c1CCCC2. The summed E-state index contributed by atoms with van der Waals surface area (Å²) in [6, 6.07) is 23.6. The molecule has 0 radical (unpaired) electrons. The summed E-state index contributed by atoms with van der Waals surface area (Å²) in [5.74, 6) is 0.603. The smallest absolute Gasteiger partial charge is 0.259 e. The molecule has 0 aliphatic heterocycles. The zero-order chi connectivity index (χ0) is 24.9. The second kappa shape index (κ2) is 11.5. The molecule has 0 unspecified atom stereocenters. The van der Waals surface area contributed by atoms with Gasteiger partial charge in [0.2, 0.25) is 0 Å². The first-order valence-corrected chi connectivity index (χ1v) is 14.2. The Kier molecular flexibility index (Phi) is 7.99. The van der Waals surface area contributed by atoms with Crippen molar-refractivity contribution in [2.75, 3.05) is 5.32 Å². The van der Waals surface area contributed by atoms with Gasteiger partial charge in [-0.3, -0.25) is 4.79 Å². The number of fused-ring (bicyclic) bond motifs is 1. The van der Waals surface area contributed by atoms with Crippen LogP contribution in [-0.4, -0.2) is 12.1 Å². The maximum Gasteiger partial charge on any atom is 0.259 e. The summed E-state index contributed by atoms with van der Waals surface area (Å²) in [5.41, 5.74) is 4.52. The Morgan fingerprint density at radius 3 is 2.50 bits per heavy atom. The van der Waals surface area contributed by atoms with Crippen LogP contribution in [-0.2, 0) is 19.4 Å². The molecule has 1 aromatic heterocycles. The molecule has 0 saturated carbocycles. The number of carbonyl (C=O) groups is 1. The van der Waals surface area contributed by atoms with E-state index >= 15 is 0 Å². The molecule has 0 fully saturated rings. The van der Waals surface area contributed by atoms with Gasteiger partial charge in [-0.05, 0) is 77.0 Å². The van der Waals surface area contributed by atoms with Gasteiger partial charge in [0.25, 0.3) is 5.91 Å². The average Bonchev–Trinajstić information content (AvgIpc) is 3.26. The van der Waals surface area contributed by atoms with Crippen molar-refractivity contribution < 1.29 is 9.53 Å². The lowest BCUT2D eigenvalue weighted by molar-refractivity contribution is 0.102. The number of carbonyl (C=O) groups excluding carboxylic acids is 1. The molecule has 1 amide bonds. The normalized spacial score (nSPS) is 12.9. The molecule has 36 heavy (non-hydrogen) atoms. The summed E-state index contributed by atoms with van der Waals surface area (Å²) in [6.07, 6.45) is 5.94. The topological polar surface area (TPSA) is 50.7 Å². The van der Waals surface area contributed by atoms with Gasteiger partial charge in [-0.2, -0.15) is 0 Å². The second-order valence-corrected chi connectivity index (χ2v) is 11.4. The average molecular weight is 624 g/mol. The Morgan fingerprint density at radius 1 is 1.00 bits per heavy atom. The van der Waals surface area contributed by atoms with Gasteiger partial charge in [0, 0.05) is 26.8 Å². The fourth-order valence-corrected chi connectivity index (χ4v) is 6.88. The molecule has 182 valence electrons. The molecule has 4 nitrogen and oxygen atoms in total. The van der Waals surface area contributed by atoms with Crippen LogP contribution in [0.25, 0.3) is 0 Å². The summed E-state index contributed by atoms with van der Waals surface area (Å²) in [4.78, 5) is 19.5. The van der Waals surface area contributed by atoms with Gasteiger partial charge >= 0.3 is 0 Å². The van der Waals surface area contributed by atoms with E-state index in [1.165, 1.54) is 4.88 Å². The number of para-hydroxylation sites is 1. The number of aliphatic imine (C=N–C) groups is 1. The van der Waals surface area contributed by atoms with E-state index in [9.17, 15) is 4.79 Å². The van der Waals surface area contributed by atoms with Crippen molar-refractivity contribution in [3.05, 3.63) is 109 Å². The van der Waals surface area contributed by atoms with Crippen molar-refractivity contribution in [1.82, 2.24) is 0 Å². The van der Waals surface area contributed by atoms with Crippen LogP contribution in [0.4, 0.5) is 10.7 Å². The number of nitrogens with zero attached hydrogens (tertiary/aromatic N) is 1. The molecule has 1 N–H and O–H groups in total. The Morgan fingerprint density at radius 2 is 1.72 bits per heavy atom. The number of amides is 1. The van der Waals surface area contributed by atoms with Gasteiger partial charge in [-0.1, -0.05) is 64.5 Å². The minimum absolute atomic E-state index is 0.108. The van der Waals surface area contributed by atoms with Crippen LogP contribution < -0.4 is 10.1 Å². The summed E-state index contributed by atoms with van der Waals surface area (Å²) >= 11 is 8.84. The lowest BCUT2D eigenvalue weighted by atomic mass is 9.95. The van der Waals surface area contributed by atoms with Gasteiger partial charge in [-0.25, -0.2) is 4.99 Å². The fourth-order valence-electron chi connectivity index (χ4n) is 4.28. The number of benzene rings is 3. The first-order valence-electron chi connectivity index (χ1n) is 11.8. The van der Waals surface area contributed by atoms with Crippen LogP contribution in [0.1, 0.15) is 44.8 Å². The number of hydrogen-bond acceptors (Lipinski definition) is 4. The number of halogens is 2. The lowest BCUT2D eigenvalue weighted by Gasteiger charge is -2.13. The van der Waals surface area contributed by atoms with Crippen LogP contribution in [0.15, 0.2) is 86.7 Å². The van der Waals surface area contributed by atoms with E-state index in [2.05, 4.69) is 37.2 Å². The Bertz CT molecular complexity index is 1400. The lowest BCUT2D eigenvalue weighted by Crippen LogP contribution is -2.14. The summed E-state index contributed by atoms with van der Waals surface area (Å²) < 4.78 is 7.95. The maximum absolute atomic E-state index is 13.4. The highest BCUT2D eigenvalue weighted by Crippen LogP contribution is 2.41. The molecule has 0 bridgehead atoms. The quantitative estimate of drug-likeness (QED) is 0.209. The number of hydrogen-bond donors (Lipinski definition) is 1. The first-order chi connectivity index (χ1) is 17.6. The molecule has 7 heteroatoms. The number of thiophene rings is 1. The van der Waals surface area contributed by atoms with Gasteiger partial charge in [0.15, 0.2) is 0 Å². The van der Waals surface area contributed by atoms with Crippen molar-refractivity contribution in [2.24, 2.45) is 4.99 Å². The van der Waals surface area contributed by atoms with E-state index in [1.807, 2.05) is 72.8 Å². The number of aryl methyl sites for hydroxylation is 1. The van der Waals surface area contributed by atoms with Gasteiger partial charge < -0.3 is 10.1 Å². The first kappa shape index (κ1) is 24.9. The largest absolute Gasteiger partial charge is 0.487 e. The molecule has 5 rings (SSSR count). The zero-order valence-corrected chi connectivity index (χ0v) is 23.5. The minimum atomic E-state index is -0.108. The molecule has 0 spiro atoms. The molecular weight excluding hydrogens is 600 g/mol. The summed E-state index contributed by atoms with van der Waals surface area (Å²) in [5, 5.41) is 3.79. The molecular formula is C29H24Br2N2O2S. The van der Waals surface area contributed by atoms with E-state index in [-0.39, 0.29) is 5.91 Å². The van der Waals surface area contributed by atoms with Crippen molar-refractivity contribution in [2.45, 2.75) is 32.3 Å². The Labute approximate surface area is 231 Å². The monoisotopic (exact) mass is 622 g/mol. The van der Waals surface area contributed by atoms with Crippen LogP contribution in [0.5, 0.6) is 5.75 Å². The summed E-state index contributed by atoms with van der Waals surface area (Å²) in [6.45, 7) is 0.444. The number of ether oxygens (including phenoxy) is 1. The Hall–Kier alpha value is -2.74. The maximum atomic E-state index is 13.4. The molecule has 1 aliphatic carbocycles. The summed E-state index contributed by atoms with van der Waals surface area (Å²) in [7, 11) is 0. The number of rotatable bonds is 7. The highest BCUT2D eigenvalue weighted by atomic mass is 79.9. The minimum Gasteiger partial charge on any atom is -0.487 e. The van der Waals surface area contributed by atoms with E-state index in [4.69, 9.17) is 9.73 Å². The predicted molar refractivity (Wildman–Crippen MR) is 155 cm³/mol. The van der Waals surface area contributed by atoms with E-state index < -0.39 is 0 Å². The van der Waals surface area contributed by atoms with Gasteiger partial charge in [0.1, 0.15) is 17.4 Å². The van der Waals surface area contributed by atoms with Crippen molar-refractivity contribution in [1.29, 1.82) is 0 Å². The molecule has 1 aliphatic rings. The highest BCUT2D eigenvalue weighted by Gasteiger charge is 2.25. The molecule has 1 heterocycles. The van der Waals surface area contributed by atoms with E-state index in [1.54, 1.807) is 17.6 Å². The van der Waals surface area contributed by atoms with Crippen LogP contribution in [0.3, 0.4) is 0 Å². The molecule has 0 saturated heterocycles. The van der Waals surface area contributed by atoms with Gasteiger partial charge in [-0.15, -0.1) is 11.3 Å². The Balaban J connectivity index is 1.47. The third-order valence-corrected chi connectivity index (χ3v) is 8.24. The van der Waals surface area contributed by atoms with Crippen molar-refractivity contribution in [3.8, 4) is 5.75 Å². The molecule has 3 aromatic carbocycles.